The zero-order valence-electron chi connectivity index (χ0n) is 17.3. The zero-order valence-corrected chi connectivity index (χ0v) is 17.3. The van der Waals surface area contributed by atoms with Gasteiger partial charge in [-0.3, -0.25) is 9.59 Å². The Morgan fingerprint density at radius 2 is 1.87 bits per heavy atom. The fourth-order valence-electron chi connectivity index (χ4n) is 2.91. The molecule has 9 heteroatoms. The van der Waals surface area contributed by atoms with Crippen molar-refractivity contribution in [3.63, 3.8) is 0 Å². The number of hydrogen-bond donors (Lipinski definition) is 3. The van der Waals surface area contributed by atoms with E-state index < -0.39 is 5.91 Å². The highest BCUT2D eigenvalue weighted by atomic mass is 16.5. The van der Waals surface area contributed by atoms with Crippen LogP contribution in [0.3, 0.4) is 0 Å². The molecule has 2 amide bonds. The minimum Gasteiger partial charge on any atom is -0.495 e. The van der Waals surface area contributed by atoms with Gasteiger partial charge in [0.05, 0.1) is 12.8 Å². The first-order valence-corrected chi connectivity index (χ1v) is 9.31. The standard InChI is InChI=1S/C21H24N6O3/c1-12-8-9-17(30-4)16(10-12)24-21(29)19-20(22)27(26-25-19)11-18(28)23-15-7-5-6-13(2)14(15)3/h5-10H,11,22H2,1-4H3,(H,23,28)(H,24,29). The molecule has 0 atom stereocenters. The molecular weight excluding hydrogens is 384 g/mol. The van der Waals surface area contributed by atoms with Gasteiger partial charge >= 0.3 is 0 Å². The van der Waals surface area contributed by atoms with Crippen LogP contribution in [0.1, 0.15) is 27.2 Å². The maximum atomic E-state index is 12.6. The van der Waals surface area contributed by atoms with Crippen molar-refractivity contribution < 1.29 is 14.3 Å². The summed E-state index contributed by atoms with van der Waals surface area (Å²) < 4.78 is 6.44. The molecule has 9 nitrogen and oxygen atoms in total. The summed E-state index contributed by atoms with van der Waals surface area (Å²) in [6.07, 6.45) is 0. The molecule has 4 N–H and O–H groups in total. The van der Waals surface area contributed by atoms with Crippen molar-refractivity contribution in [2.45, 2.75) is 27.3 Å². The summed E-state index contributed by atoms with van der Waals surface area (Å²) in [6.45, 7) is 5.62. The summed E-state index contributed by atoms with van der Waals surface area (Å²) in [6, 6.07) is 11.0. The van der Waals surface area contributed by atoms with Gasteiger partial charge in [-0.25, -0.2) is 4.68 Å². The van der Waals surface area contributed by atoms with Crippen molar-refractivity contribution in [3.05, 3.63) is 58.8 Å². The number of carbonyl (C=O) groups is 2. The van der Waals surface area contributed by atoms with E-state index in [2.05, 4.69) is 20.9 Å². The van der Waals surface area contributed by atoms with Crippen LogP contribution in [-0.2, 0) is 11.3 Å². The molecule has 0 saturated heterocycles. The van der Waals surface area contributed by atoms with Gasteiger partial charge in [0, 0.05) is 5.69 Å². The number of benzene rings is 2. The topological polar surface area (TPSA) is 124 Å². The number of ether oxygens (including phenoxy) is 1. The molecule has 0 radical (unpaired) electrons. The minimum absolute atomic E-state index is 0.00441. The van der Waals surface area contributed by atoms with E-state index in [4.69, 9.17) is 10.5 Å². The monoisotopic (exact) mass is 408 g/mol. The Kier molecular flexibility index (Phi) is 6.01. The predicted molar refractivity (Wildman–Crippen MR) is 115 cm³/mol. The average molecular weight is 408 g/mol. The van der Waals surface area contributed by atoms with Crippen LogP contribution in [0.4, 0.5) is 17.2 Å². The van der Waals surface area contributed by atoms with E-state index in [9.17, 15) is 9.59 Å². The molecule has 0 fully saturated rings. The number of amides is 2. The second-order valence-electron chi connectivity index (χ2n) is 6.93. The van der Waals surface area contributed by atoms with E-state index in [1.54, 1.807) is 12.1 Å². The zero-order chi connectivity index (χ0) is 21.8. The lowest BCUT2D eigenvalue weighted by Gasteiger charge is -2.11. The van der Waals surface area contributed by atoms with Gasteiger partial charge in [0.15, 0.2) is 11.5 Å². The maximum Gasteiger partial charge on any atom is 0.280 e. The summed E-state index contributed by atoms with van der Waals surface area (Å²) in [4.78, 5) is 25.0. The largest absolute Gasteiger partial charge is 0.495 e. The predicted octanol–water partition coefficient (Wildman–Crippen LogP) is 2.69. The van der Waals surface area contributed by atoms with Gasteiger partial charge in [0.25, 0.3) is 5.91 Å². The molecule has 0 unspecified atom stereocenters. The lowest BCUT2D eigenvalue weighted by Crippen LogP contribution is -2.22. The van der Waals surface area contributed by atoms with Gasteiger partial charge in [-0.2, -0.15) is 0 Å². The van der Waals surface area contributed by atoms with Gasteiger partial charge in [0.1, 0.15) is 12.3 Å². The molecule has 30 heavy (non-hydrogen) atoms. The third kappa shape index (κ3) is 4.40. The van der Waals surface area contributed by atoms with Crippen molar-refractivity contribution >= 4 is 29.0 Å². The van der Waals surface area contributed by atoms with E-state index in [0.29, 0.717) is 17.1 Å². The summed E-state index contributed by atoms with van der Waals surface area (Å²) in [5, 5.41) is 13.2. The fraction of sp³-hybridized carbons (Fsp3) is 0.238. The highest BCUT2D eigenvalue weighted by Crippen LogP contribution is 2.26. The van der Waals surface area contributed by atoms with Crippen molar-refractivity contribution in [3.8, 4) is 5.75 Å². The number of nitrogens with one attached hydrogen (secondary N) is 2. The molecule has 0 aliphatic rings. The number of rotatable bonds is 6. The Hall–Kier alpha value is -3.88. The second-order valence-corrected chi connectivity index (χ2v) is 6.93. The van der Waals surface area contributed by atoms with Crippen LogP contribution in [0.2, 0.25) is 0 Å². The molecule has 0 saturated carbocycles. The van der Waals surface area contributed by atoms with E-state index in [1.807, 2.05) is 45.0 Å². The summed E-state index contributed by atoms with van der Waals surface area (Å²) >= 11 is 0. The Bertz CT molecular complexity index is 1110. The number of aryl methyl sites for hydroxylation is 2. The average Bonchev–Trinajstić information content (AvgIpc) is 3.06. The molecule has 0 aliphatic carbocycles. The Morgan fingerprint density at radius 3 is 2.60 bits per heavy atom. The summed E-state index contributed by atoms with van der Waals surface area (Å²) in [5.41, 5.74) is 10.1. The Balaban J connectivity index is 1.72. The van der Waals surface area contributed by atoms with Crippen molar-refractivity contribution in [2.24, 2.45) is 0 Å². The van der Waals surface area contributed by atoms with Crippen molar-refractivity contribution in [2.75, 3.05) is 23.5 Å². The van der Waals surface area contributed by atoms with Crippen molar-refractivity contribution in [1.29, 1.82) is 0 Å². The molecule has 0 spiro atoms. The lowest BCUT2D eigenvalue weighted by atomic mass is 10.1. The third-order valence-corrected chi connectivity index (χ3v) is 4.76. The van der Waals surface area contributed by atoms with Crippen LogP contribution in [0, 0.1) is 20.8 Å². The first kappa shape index (κ1) is 20.8. The fourth-order valence-corrected chi connectivity index (χ4v) is 2.91. The van der Waals surface area contributed by atoms with Gasteiger partial charge < -0.3 is 21.1 Å². The van der Waals surface area contributed by atoms with Crippen LogP contribution in [0.5, 0.6) is 5.75 Å². The number of anilines is 3. The second kappa shape index (κ2) is 8.64. The van der Waals surface area contributed by atoms with Crippen molar-refractivity contribution in [1.82, 2.24) is 15.0 Å². The van der Waals surface area contributed by atoms with Gasteiger partial charge in [-0.15, -0.1) is 5.10 Å². The van der Waals surface area contributed by atoms with E-state index in [0.717, 1.165) is 16.7 Å². The molecule has 1 aromatic heterocycles. The first-order chi connectivity index (χ1) is 14.3. The number of carbonyl (C=O) groups excluding carboxylic acids is 2. The number of hydrogen-bond acceptors (Lipinski definition) is 6. The molecule has 3 rings (SSSR count). The van der Waals surface area contributed by atoms with E-state index in [-0.39, 0.29) is 24.0 Å². The Labute approximate surface area is 174 Å². The lowest BCUT2D eigenvalue weighted by molar-refractivity contribution is -0.116. The van der Waals surface area contributed by atoms with Gasteiger partial charge in [-0.05, 0) is 55.7 Å². The van der Waals surface area contributed by atoms with Crippen LogP contribution in [-0.4, -0.2) is 33.9 Å². The summed E-state index contributed by atoms with van der Waals surface area (Å²) in [5.74, 6) is -0.367. The van der Waals surface area contributed by atoms with Crippen LogP contribution < -0.4 is 21.1 Å². The molecule has 1 heterocycles. The quantitative estimate of drug-likeness (QED) is 0.576. The normalized spacial score (nSPS) is 10.5. The van der Waals surface area contributed by atoms with E-state index >= 15 is 0 Å². The molecular formula is C21H24N6O3. The SMILES string of the molecule is COc1ccc(C)cc1NC(=O)c1nnn(CC(=O)Nc2cccc(C)c2C)c1N. The van der Waals surface area contributed by atoms with Crippen LogP contribution in [0.15, 0.2) is 36.4 Å². The van der Waals surface area contributed by atoms with Gasteiger partial charge in [-0.1, -0.05) is 23.4 Å². The molecule has 156 valence electrons. The number of methoxy groups -OCH3 is 1. The number of nitrogens with zero attached hydrogens (tertiary/aromatic N) is 3. The molecule has 0 bridgehead atoms. The highest BCUT2D eigenvalue weighted by Gasteiger charge is 2.20. The molecule has 3 aromatic rings. The number of aromatic nitrogens is 3. The molecule has 2 aromatic carbocycles. The number of nitrogens with two attached hydrogens (primary N) is 1. The minimum atomic E-state index is -0.544. The number of nitrogen functional groups attached to an aromatic ring is 1. The van der Waals surface area contributed by atoms with E-state index in [1.165, 1.54) is 11.8 Å². The highest BCUT2D eigenvalue weighted by molar-refractivity contribution is 6.06. The van der Waals surface area contributed by atoms with Crippen LogP contribution >= 0.6 is 0 Å². The first-order valence-electron chi connectivity index (χ1n) is 9.31. The third-order valence-electron chi connectivity index (χ3n) is 4.76. The molecule has 0 aliphatic heterocycles. The van der Waals surface area contributed by atoms with Crippen LogP contribution in [0.25, 0.3) is 0 Å². The summed E-state index contributed by atoms with van der Waals surface area (Å²) in [7, 11) is 1.51. The van der Waals surface area contributed by atoms with Gasteiger partial charge in [0.2, 0.25) is 5.91 Å². The smallest absolute Gasteiger partial charge is 0.280 e. The maximum absolute atomic E-state index is 12.6. The Morgan fingerprint density at radius 1 is 1.10 bits per heavy atom.